The number of amides is 1. The van der Waals surface area contributed by atoms with Crippen LogP contribution in [-0.4, -0.2) is 67.6 Å². The summed E-state index contributed by atoms with van der Waals surface area (Å²) in [5, 5.41) is 0.245. The number of aromatic nitrogens is 3. The molecule has 1 unspecified atom stereocenters. The highest BCUT2D eigenvalue weighted by Gasteiger charge is 2.30. The number of H-pyrrole nitrogens is 1. The lowest BCUT2D eigenvalue weighted by Gasteiger charge is -2.27. The summed E-state index contributed by atoms with van der Waals surface area (Å²) in [5.74, 6) is -0.308. The second kappa shape index (κ2) is 16.4. The summed E-state index contributed by atoms with van der Waals surface area (Å²) < 4.78 is 64.8. The summed E-state index contributed by atoms with van der Waals surface area (Å²) in [4.78, 5) is 42.1. The molecule has 0 bridgehead atoms. The number of thioether (sulfide) groups is 1. The first kappa shape index (κ1) is 36.1. The number of likely N-dealkylation sites (N-methyl/N-ethyl adjacent to an activating group) is 1. The number of benzene rings is 2. The first-order valence-electron chi connectivity index (χ1n) is 14.8. The minimum absolute atomic E-state index is 0.0734. The van der Waals surface area contributed by atoms with E-state index in [1.807, 2.05) is 13.8 Å². The van der Waals surface area contributed by atoms with Crippen molar-refractivity contribution in [2.45, 2.75) is 48.8 Å². The van der Waals surface area contributed by atoms with E-state index in [9.17, 15) is 31.7 Å². The molecule has 4 aromatic rings. The number of aromatic amines is 1. The molecule has 0 saturated carbocycles. The van der Waals surface area contributed by atoms with Crippen molar-refractivity contribution in [3.8, 4) is 11.3 Å². The second-order valence-electron chi connectivity index (χ2n) is 10.7. The molecule has 2 heterocycles. The Morgan fingerprint density at radius 1 is 0.979 bits per heavy atom. The lowest BCUT2D eigenvalue weighted by atomic mass is 10.1. The molecular formula is C33H35F4N5O3S2. The molecule has 0 radical (unpaired) electrons. The van der Waals surface area contributed by atoms with Gasteiger partial charge in [0.2, 0.25) is 10.8 Å². The van der Waals surface area contributed by atoms with Crippen molar-refractivity contribution in [1.82, 2.24) is 24.8 Å². The van der Waals surface area contributed by atoms with E-state index < -0.39 is 28.5 Å². The third kappa shape index (κ3) is 10.1. The van der Waals surface area contributed by atoms with Gasteiger partial charge in [0.25, 0.3) is 0 Å². The number of rotatable bonds is 14. The van der Waals surface area contributed by atoms with Gasteiger partial charge in [-0.05, 0) is 65.7 Å². The molecule has 250 valence electrons. The third-order valence-electron chi connectivity index (χ3n) is 7.46. The zero-order valence-electron chi connectivity index (χ0n) is 26.1. The van der Waals surface area contributed by atoms with E-state index in [2.05, 4.69) is 19.9 Å². The fourth-order valence-electron chi connectivity index (χ4n) is 4.79. The summed E-state index contributed by atoms with van der Waals surface area (Å²) in [6, 6.07) is 14.1. The maximum Gasteiger partial charge on any atom is 0.416 e. The van der Waals surface area contributed by atoms with Gasteiger partial charge in [-0.15, -0.1) is 0 Å². The van der Waals surface area contributed by atoms with Crippen molar-refractivity contribution in [1.29, 1.82) is 0 Å². The molecular weight excluding hydrogens is 655 g/mol. The maximum atomic E-state index is 13.8. The molecule has 0 saturated heterocycles. The highest BCUT2D eigenvalue weighted by molar-refractivity contribution is 7.98. The Balaban J connectivity index is 1.55. The minimum atomic E-state index is -4.43. The normalized spacial score (nSPS) is 12.4. The summed E-state index contributed by atoms with van der Waals surface area (Å²) >= 11 is -0.516. The standard InChI is InChI=1S/C33H35F4N5O3S2/c1-4-41(5-2)16-17-42(20-23-8-15-27(38-19-23)24-9-11-25(12-10-24)33(35,36)37)29(43)18-28-30(47(3)45)31(44)40-32(39-28)46-21-22-6-13-26(34)14-7-22/h6-15,19H,4-5,16-18,20-21H2,1-3H3,(H,39,40,44). The summed E-state index contributed by atoms with van der Waals surface area (Å²) in [6.45, 7) is 6.74. The number of nitrogens with zero attached hydrogens (tertiary/aromatic N) is 4. The summed E-state index contributed by atoms with van der Waals surface area (Å²) in [5.41, 5.74) is 1.28. The zero-order valence-corrected chi connectivity index (χ0v) is 27.8. The van der Waals surface area contributed by atoms with Crippen molar-refractivity contribution in [2.24, 2.45) is 0 Å². The fourth-order valence-corrected chi connectivity index (χ4v) is 6.39. The quantitative estimate of drug-likeness (QED) is 0.0758. The molecule has 4 rings (SSSR count). The zero-order chi connectivity index (χ0) is 34.1. The number of pyridine rings is 1. The van der Waals surface area contributed by atoms with Gasteiger partial charge in [0.1, 0.15) is 17.8 Å². The Labute approximate surface area is 277 Å². The molecule has 47 heavy (non-hydrogen) atoms. The van der Waals surface area contributed by atoms with Crippen LogP contribution in [-0.2, 0) is 40.9 Å². The summed E-state index contributed by atoms with van der Waals surface area (Å²) in [7, 11) is 0. The molecule has 0 fully saturated rings. The van der Waals surface area contributed by atoms with Crippen molar-refractivity contribution < 1.29 is 26.9 Å². The van der Waals surface area contributed by atoms with E-state index in [4.69, 9.17) is 0 Å². The predicted molar refractivity (Wildman–Crippen MR) is 175 cm³/mol. The van der Waals surface area contributed by atoms with Crippen LogP contribution in [0.4, 0.5) is 17.6 Å². The van der Waals surface area contributed by atoms with Gasteiger partial charge in [-0.3, -0.25) is 19.6 Å². The van der Waals surface area contributed by atoms with E-state index >= 15 is 0 Å². The number of nitrogens with one attached hydrogen (secondary N) is 1. The van der Waals surface area contributed by atoms with Crippen molar-refractivity contribution in [3.63, 3.8) is 0 Å². The van der Waals surface area contributed by atoms with Crippen LogP contribution in [0.1, 0.15) is 36.2 Å². The van der Waals surface area contributed by atoms with Crippen LogP contribution in [0, 0.1) is 5.82 Å². The highest BCUT2D eigenvalue weighted by atomic mass is 32.2. The van der Waals surface area contributed by atoms with Gasteiger partial charge in [-0.2, -0.15) is 13.2 Å². The van der Waals surface area contributed by atoms with E-state index in [1.54, 1.807) is 35.4 Å². The summed E-state index contributed by atoms with van der Waals surface area (Å²) in [6.07, 6.45) is -1.77. The number of carbonyl (C=O) groups excluding carboxylic acids is 1. The fraction of sp³-hybridized carbons (Fsp3) is 0.333. The molecule has 0 spiro atoms. The smallest absolute Gasteiger partial charge is 0.416 e. The van der Waals surface area contributed by atoms with Crippen LogP contribution < -0.4 is 5.56 Å². The molecule has 0 aliphatic heterocycles. The molecule has 0 aliphatic rings. The molecule has 2 aromatic heterocycles. The van der Waals surface area contributed by atoms with Crippen molar-refractivity contribution >= 4 is 28.8 Å². The van der Waals surface area contributed by atoms with E-state index in [0.29, 0.717) is 35.7 Å². The maximum absolute atomic E-state index is 13.8. The molecule has 1 atom stereocenters. The monoisotopic (exact) mass is 689 g/mol. The van der Waals surface area contributed by atoms with Crippen LogP contribution in [0.15, 0.2) is 81.7 Å². The lowest BCUT2D eigenvalue weighted by molar-refractivity contribution is -0.137. The Morgan fingerprint density at radius 3 is 2.21 bits per heavy atom. The Hall–Kier alpha value is -3.72. The Kier molecular flexibility index (Phi) is 12.6. The third-order valence-corrected chi connectivity index (χ3v) is 9.40. The van der Waals surface area contributed by atoms with Crippen molar-refractivity contribution in [3.05, 3.63) is 105 Å². The van der Waals surface area contributed by atoms with E-state index in [1.165, 1.54) is 42.3 Å². The molecule has 1 amide bonds. The first-order chi connectivity index (χ1) is 22.4. The van der Waals surface area contributed by atoms with Gasteiger partial charge in [-0.25, -0.2) is 9.37 Å². The average Bonchev–Trinajstić information content (AvgIpc) is 3.04. The number of hydrogen-bond acceptors (Lipinski definition) is 7. The van der Waals surface area contributed by atoms with Crippen LogP contribution in [0.3, 0.4) is 0 Å². The molecule has 2 aromatic carbocycles. The number of alkyl halides is 3. The second-order valence-corrected chi connectivity index (χ2v) is 12.9. The van der Waals surface area contributed by atoms with Gasteiger partial charge in [0.15, 0.2) is 5.16 Å². The Morgan fingerprint density at radius 2 is 1.64 bits per heavy atom. The molecule has 14 heteroatoms. The van der Waals surface area contributed by atoms with Crippen LogP contribution in [0.2, 0.25) is 0 Å². The number of hydrogen-bond donors (Lipinski definition) is 1. The van der Waals surface area contributed by atoms with Gasteiger partial charge in [0.05, 0.1) is 17.7 Å². The van der Waals surface area contributed by atoms with Crippen molar-refractivity contribution in [2.75, 3.05) is 32.4 Å². The van der Waals surface area contributed by atoms with Gasteiger partial charge in [-0.1, -0.05) is 55.9 Å². The van der Waals surface area contributed by atoms with Gasteiger partial charge >= 0.3 is 11.7 Å². The molecule has 1 N–H and O–H groups in total. The molecule has 8 nitrogen and oxygen atoms in total. The lowest BCUT2D eigenvalue weighted by Crippen LogP contribution is -2.39. The minimum Gasteiger partial charge on any atom is -0.611 e. The van der Waals surface area contributed by atoms with Gasteiger partial charge in [0, 0.05) is 37.1 Å². The number of halogens is 4. The highest BCUT2D eigenvalue weighted by Crippen LogP contribution is 2.30. The first-order valence-corrected chi connectivity index (χ1v) is 17.4. The van der Waals surface area contributed by atoms with Crippen LogP contribution in [0.5, 0.6) is 0 Å². The Bertz CT molecular complexity index is 1680. The van der Waals surface area contributed by atoms with E-state index in [0.717, 1.165) is 30.8 Å². The predicted octanol–water partition coefficient (Wildman–Crippen LogP) is 5.93. The van der Waals surface area contributed by atoms with Gasteiger partial charge < -0.3 is 14.4 Å². The SMILES string of the molecule is CCN(CC)CCN(Cc1ccc(-c2ccc(C(F)(F)F)cc2)nc1)C(=O)Cc1nc(SCc2ccc(F)cc2)[nH]c(=O)c1[S+](C)[O-]. The van der Waals surface area contributed by atoms with Crippen LogP contribution >= 0.6 is 11.8 Å². The molecule has 0 aliphatic carbocycles. The van der Waals surface area contributed by atoms with Crippen LogP contribution in [0.25, 0.3) is 11.3 Å². The van der Waals surface area contributed by atoms with E-state index in [-0.39, 0.29) is 40.4 Å². The topological polar surface area (TPSA) is 105 Å². The number of carbonyl (C=O) groups is 1. The average molecular weight is 690 g/mol. The largest absolute Gasteiger partial charge is 0.611 e.